The van der Waals surface area contributed by atoms with Gasteiger partial charge in [0.1, 0.15) is 0 Å². The number of benzene rings is 7. The third-order valence-corrected chi connectivity index (χ3v) is 10.8. The van der Waals surface area contributed by atoms with Crippen LogP contribution in [0.2, 0.25) is 0 Å². The normalized spacial score (nSPS) is 13.0. The van der Waals surface area contributed by atoms with Crippen LogP contribution in [0.4, 0.5) is 11.4 Å². The maximum absolute atomic E-state index is 7.40. The van der Waals surface area contributed by atoms with Crippen LogP contribution in [0.25, 0.3) is 66.8 Å². The van der Waals surface area contributed by atoms with Crippen molar-refractivity contribution in [2.24, 2.45) is 0 Å². The summed E-state index contributed by atoms with van der Waals surface area (Å²) in [6.07, 6.45) is 2.65. The summed E-state index contributed by atoms with van der Waals surface area (Å²) in [4.78, 5) is 0. The molecule has 2 nitrogen and oxygen atoms in total. The highest BCUT2D eigenvalue weighted by molar-refractivity contribution is 6.06. The molecule has 0 saturated heterocycles. The number of anilines is 2. The summed E-state index contributed by atoms with van der Waals surface area (Å²) < 4.78 is 0. The number of nitrogen functional groups attached to an aromatic ring is 2. The molecule has 3 aliphatic rings. The van der Waals surface area contributed by atoms with E-state index in [1.807, 2.05) is 0 Å². The Labute approximate surface area is 275 Å². The fourth-order valence-corrected chi connectivity index (χ4v) is 8.66. The Morgan fingerprint density at radius 2 is 0.596 bits per heavy atom. The lowest BCUT2D eigenvalue weighted by Crippen LogP contribution is -2.05. The van der Waals surface area contributed by atoms with Gasteiger partial charge in [-0.1, -0.05) is 127 Å². The zero-order valence-corrected chi connectivity index (χ0v) is 26.0. The Morgan fingerprint density at radius 3 is 1.00 bits per heavy atom. The maximum atomic E-state index is 7.40. The summed E-state index contributed by atoms with van der Waals surface area (Å²) >= 11 is 0. The second kappa shape index (κ2) is 9.82. The van der Waals surface area contributed by atoms with Gasteiger partial charge in [0, 0.05) is 28.1 Å². The van der Waals surface area contributed by atoms with E-state index in [1.54, 1.807) is 0 Å². The van der Waals surface area contributed by atoms with E-state index in [0.717, 1.165) is 52.9 Å². The fourth-order valence-electron chi connectivity index (χ4n) is 8.66. The summed E-state index contributed by atoms with van der Waals surface area (Å²) in [5.74, 6) is 0. The van der Waals surface area contributed by atoms with E-state index in [0.29, 0.717) is 0 Å². The van der Waals surface area contributed by atoms with Crippen LogP contribution in [0, 0.1) is 0 Å². The Hall–Kier alpha value is -5.86. The largest absolute Gasteiger partial charge is 0.398 e. The van der Waals surface area contributed by atoms with Gasteiger partial charge in [0.2, 0.25) is 0 Å². The molecular formula is C45H32N2. The van der Waals surface area contributed by atoms with Crippen LogP contribution < -0.4 is 11.5 Å². The molecule has 0 radical (unpaired) electrons. The number of hydrogen-bond acceptors (Lipinski definition) is 2. The van der Waals surface area contributed by atoms with Crippen molar-refractivity contribution in [1.82, 2.24) is 0 Å². The molecule has 0 aromatic heterocycles. The van der Waals surface area contributed by atoms with Gasteiger partial charge < -0.3 is 11.5 Å². The molecule has 222 valence electrons. The van der Waals surface area contributed by atoms with Crippen molar-refractivity contribution in [3.05, 3.63) is 167 Å². The van der Waals surface area contributed by atoms with Gasteiger partial charge in [-0.2, -0.15) is 0 Å². The highest BCUT2D eigenvalue weighted by Crippen LogP contribution is 2.52. The lowest BCUT2D eigenvalue weighted by Gasteiger charge is -2.23. The van der Waals surface area contributed by atoms with E-state index in [9.17, 15) is 0 Å². The van der Waals surface area contributed by atoms with Crippen molar-refractivity contribution in [2.75, 3.05) is 11.5 Å². The Bertz CT molecular complexity index is 2340. The van der Waals surface area contributed by atoms with Gasteiger partial charge in [0.25, 0.3) is 0 Å². The summed E-state index contributed by atoms with van der Waals surface area (Å²) in [6.45, 7) is 0. The quantitative estimate of drug-likeness (QED) is 0.198. The predicted molar refractivity (Wildman–Crippen MR) is 196 cm³/mol. The lowest BCUT2D eigenvalue weighted by atomic mass is 9.84. The van der Waals surface area contributed by atoms with Gasteiger partial charge in [-0.05, 0) is 109 Å². The van der Waals surface area contributed by atoms with Crippen LogP contribution in [0.3, 0.4) is 0 Å². The molecule has 3 aliphatic carbocycles. The summed E-state index contributed by atoms with van der Waals surface area (Å²) in [6, 6.07) is 48.5. The van der Waals surface area contributed by atoms with Crippen LogP contribution in [0.15, 0.2) is 133 Å². The van der Waals surface area contributed by atoms with Crippen molar-refractivity contribution in [2.45, 2.75) is 19.3 Å². The van der Waals surface area contributed by atoms with Crippen molar-refractivity contribution in [1.29, 1.82) is 0 Å². The highest BCUT2D eigenvalue weighted by atomic mass is 14.6. The Morgan fingerprint density at radius 1 is 0.298 bits per heavy atom. The standard InChI is InChI=1S/C45H32N2/c46-44-41(35-19-7-16-32-29-13-4-1-10-26(29)22-38(32)35)25-42(36-20-8-17-33-30-14-5-2-11-27(30)23-39(33)36)45(47)43(44)37-21-9-18-34-31-15-6-3-12-28(31)24-40(34)37/h1-21,25H,22-24,46-47H2. The van der Waals surface area contributed by atoms with Crippen LogP contribution in [0.5, 0.6) is 0 Å². The average molecular weight is 601 g/mol. The lowest BCUT2D eigenvalue weighted by molar-refractivity contribution is 1.26. The SMILES string of the molecule is Nc1c(-c2cccc3c2Cc2ccccc2-3)cc(-c2cccc3c2Cc2ccccc2-3)c(N)c1-c1cccc2c1Cc1ccccc1-2. The van der Waals surface area contributed by atoms with E-state index in [4.69, 9.17) is 11.5 Å². The molecule has 4 N–H and O–H groups in total. The van der Waals surface area contributed by atoms with E-state index in [1.165, 1.54) is 77.9 Å². The Balaban J connectivity index is 1.26. The van der Waals surface area contributed by atoms with Gasteiger partial charge in [-0.25, -0.2) is 0 Å². The first-order valence-corrected chi connectivity index (χ1v) is 16.5. The molecule has 0 bridgehead atoms. The van der Waals surface area contributed by atoms with Crippen LogP contribution in [-0.2, 0) is 19.3 Å². The number of hydrogen-bond donors (Lipinski definition) is 2. The third kappa shape index (κ3) is 3.73. The first-order chi connectivity index (χ1) is 23.2. The second-order valence-corrected chi connectivity index (χ2v) is 13.2. The molecule has 7 aromatic carbocycles. The molecule has 0 unspecified atom stereocenters. The van der Waals surface area contributed by atoms with Crippen LogP contribution in [-0.4, -0.2) is 0 Å². The molecule has 0 atom stereocenters. The minimum atomic E-state index is 0.746. The molecule has 47 heavy (non-hydrogen) atoms. The number of fused-ring (bicyclic) bond motifs is 9. The molecular weight excluding hydrogens is 569 g/mol. The zero-order chi connectivity index (χ0) is 31.2. The maximum Gasteiger partial charge on any atom is 0.0494 e. The van der Waals surface area contributed by atoms with E-state index >= 15 is 0 Å². The second-order valence-electron chi connectivity index (χ2n) is 13.2. The Kier molecular flexibility index (Phi) is 5.51. The van der Waals surface area contributed by atoms with Gasteiger partial charge in [-0.3, -0.25) is 0 Å². The monoisotopic (exact) mass is 600 g/mol. The van der Waals surface area contributed by atoms with E-state index < -0.39 is 0 Å². The highest BCUT2D eigenvalue weighted by Gasteiger charge is 2.29. The molecule has 0 amide bonds. The molecule has 7 aromatic rings. The smallest absolute Gasteiger partial charge is 0.0494 e. The first-order valence-electron chi connectivity index (χ1n) is 16.5. The van der Waals surface area contributed by atoms with Gasteiger partial charge >= 0.3 is 0 Å². The van der Waals surface area contributed by atoms with Gasteiger partial charge in [0.15, 0.2) is 0 Å². The molecule has 0 spiro atoms. The molecule has 10 rings (SSSR count). The van der Waals surface area contributed by atoms with E-state index in [-0.39, 0.29) is 0 Å². The minimum absolute atomic E-state index is 0.746. The fraction of sp³-hybridized carbons (Fsp3) is 0.0667. The molecule has 0 saturated carbocycles. The number of rotatable bonds is 3. The van der Waals surface area contributed by atoms with Crippen LogP contribution >= 0.6 is 0 Å². The number of nitrogens with two attached hydrogens (primary N) is 2. The van der Waals surface area contributed by atoms with Crippen molar-refractivity contribution in [3.63, 3.8) is 0 Å². The summed E-state index contributed by atoms with van der Waals surface area (Å²) in [7, 11) is 0. The average Bonchev–Trinajstić information content (AvgIpc) is 3.80. The van der Waals surface area contributed by atoms with Crippen molar-refractivity contribution >= 4 is 11.4 Å². The van der Waals surface area contributed by atoms with Gasteiger partial charge in [-0.15, -0.1) is 0 Å². The summed E-state index contributed by atoms with van der Waals surface area (Å²) in [5.41, 5.74) is 38.7. The first kappa shape index (κ1) is 26.4. The van der Waals surface area contributed by atoms with Crippen molar-refractivity contribution in [3.8, 4) is 66.8 Å². The minimum Gasteiger partial charge on any atom is -0.398 e. The topological polar surface area (TPSA) is 52.0 Å². The molecule has 0 aliphatic heterocycles. The predicted octanol–water partition coefficient (Wildman–Crippen LogP) is 10.6. The van der Waals surface area contributed by atoms with Gasteiger partial charge in [0.05, 0.1) is 0 Å². The van der Waals surface area contributed by atoms with Crippen molar-refractivity contribution < 1.29 is 0 Å². The zero-order valence-electron chi connectivity index (χ0n) is 26.0. The van der Waals surface area contributed by atoms with Crippen LogP contribution in [0.1, 0.15) is 33.4 Å². The third-order valence-electron chi connectivity index (χ3n) is 10.8. The molecule has 0 heterocycles. The molecule has 2 heteroatoms. The molecule has 0 fully saturated rings. The van der Waals surface area contributed by atoms with E-state index in [2.05, 4.69) is 133 Å². The summed E-state index contributed by atoms with van der Waals surface area (Å²) in [5, 5.41) is 0.